The largest absolute Gasteiger partial charge is 0.308 e. The van der Waals surface area contributed by atoms with Gasteiger partial charge in [0.05, 0.1) is 56.5 Å². The fourth-order valence-electron chi connectivity index (χ4n) is 9.43. The van der Waals surface area contributed by atoms with Crippen molar-refractivity contribution in [3.63, 3.8) is 0 Å². The van der Waals surface area contributed by atoms with Crippen LogP contribution in [0.3, 0.4) is 0 Å². The van der Waals surface area contributed by atoms with Gasteiger partial charge in [-0.3, -0.25) is 0 Å². The topological polar surface area (TPSA) is 59.4 Å². The molecule has 0 radical (unpaired) electrons. The van der Waals surface area contributed by atoms with Gasteiger partial charge < -0.3 is 9.13 Å². The van der Waals surface area contributed by atoms with E-state index in [0.29, 0.717) is 11.4 Å². The molecule has 0 fully saturated rings. The van der Waals surface area contributed by atoms with E-state index in [-0.39, 0.29) is 0 Å². The number of rotatable bonds is 7. The summed E-state index contributed by atoms with van der Waals surface area (Å²) in [6.07, 6.45) is 0. The van der Waals surface area contributed by atoms with Gasteiger partial charge in [0.25, 0.3) is 0 Å². The van der Waals surface area contributed by atoms with Gasteiger partial charge in [-0.15, -0.1) is 0 Å². The number of para-hydroxylation sites is 2. The Morgan fingerprint density at radius 3 is 1.22 bits per heavy atom. The van der Waals surface area contributed by atoms with E-state index in [1.54, 1.807) is 0 Å². The molecule has 0 saturated carbocycles. The van der Waals surface area contributed by atoms with E-state index in [0.717, 1.165) is 105 Å². The molecule has 0 aliphatic carbocycles. The molecule has 0 atom stereocenters. The van der Waals surface area contributed by atoms with Gasteiger partial charge in [-0.2, -0.15) is 5.26 Å². The third-order valence-corrected chi connectivity index (χ3v) is 12.4. The van der Waals surface area contributed by atoms with Crippen molar-refractivity contribution in [2.45, 2.75) is 0 Å². The van der Waals surface area contributed by atoms with Gasteiger partial charge in [-0.25, -0.2) is 9.97 Å². The van der Waals surface area contributed by atoms with Gasteiger partial charge in [0.2, 0.25) is 0 Å². The first-order valence-corrected chi connectivity index (χ1v) is 21.5. The maximum absolute atomic E-state index is 11.0. The van der Waals surface area contributed by atoms with Crippen LogP contribution >= 0.6 is 0 Å². The highest BCUT2D eigenvalue weighted by atomic mass is 15.0. The second-order valence-electron chi connectivity index (χ2n) is 16.1. The van der Waals surface area contributed by atoms with Crippen molar-refractivity contribution in [2.24, 2.45) is 0 Å². The molecule has 0 aliphatic rings. The van der Waals surface area contributed by atoms with Crippen molar-refractivity contribution in [3.05, 3.63) is 230 Å². The van der Waals surface area contributed by atoms with E-state index in [4.69, 9.17) is 9.97 Å². The molecule has 5 nitrogen and oxygen atoms in total. The smallest absolute Gasteiger partial charge is 0.160 e. The lowest BCUT2D eigenvalue weighted by atomic mass is 9.99. The average molecular weight is 816 g/mol. The van der Waals surface area contributed by atoms with Crippen molar-refractivity contribution in [1.82, 2.24) is 19.1 Å². The summed E-state index contributed by atoms with van der Waals surface area (Å²) in [7, 11) is 0. The summed E-state index contributed by atoms with van der Waals surface area (Å²) >= 11 is 0. The summed E-state index contributed by atoms with van der Waals surface area (Å²) in [5.41, 5.74) is 15.2. The van der Waals surface area contributed by atoms with Crippen molar-refractivity contribution in [2.75, 3.05) is 0 Å². The number of fused-ring (bicyclic) bond motifs is 6. The lowest BCUT2D eigenvalue weighted by Crippen LogP contribution is -2.07. The molecule has 3 heterocycles. The second-order valence-corrected chi connectivity index (χ2v) is 16.1. The van der Waals surface area contributed by atoms with Crippen molar-refractivity contribution >= 4 is 43.6 Å². The SMILES string of the molecule is N#Cc1cc(-n2c3ccccc3c3cc(-c4ccccc4)ccc32)c(-c2cc(-c3ccccc3)nc(-c3ccccc3)n2)c(-n2c3ccccc3c3cc(-c4ccccc4)ccc32)c1. The summed E-state index contributed by atoms with van der Waals surface area (Å²) in [4.78, 5) is 10.7. The Morgan fingerprint density at radius 2 is 0.734 bits per heavy atom. The summed E-state index contributed by atoms with van der Waals surface area (Å²) in [6.45, 7) is 0. The molecular weight excluding hydrogens is 779 g/mol. The first-order chi connectivity index (χ1) is 31.7. The zero-order valence-electron chi connectivity index (χ0n) is 34.6. The molecule has 0 unspecified atom stereocenters. The normalized spacial score (nSPS) is 11.4. The van der Waals surface area contributed by atoms with Crippen molar-refractivity contribution in [3.8, 4) is 73.6 Å². The molecule has 5 heteroatoms. The second kappa shape index (κ2) is 15.3. The molecule has 298 valence electrons. The molecule has 3 aromatic heterocycles. The highest BCUT2D eigenvalue weighted by Gasteiger charge is 2.25. The maximum Gasteiger partial charge on any atom is 0.160 e. The zero-order chi connectivity index (χ0) is 42.6. The minimum Gasteiger partial charge on any atom is -0.308 e. The Balaban J connectivity index is 1.23. The van der Waals surface area contributed by atoms with E-state index in [1.165, 1.54) is 0 Å². The van der Waals surface area contributed by atoms with Crippen LogP contribution in [0, 0.1) is 11.3 Å². The van der Waals surface area contributed by atoms with E-state index in [9.17, 15) is 5.26 Å². The van der Waals surface area contributed by atoms with Crippen molar-refractivity contribution < 1.29 is 0 Å². The molecule has 0 N–H and O–H groups in total. The van der Waals surface area contributed by atoms with Crippen LogP contribution in [0.15, 0.2) is 224 Å². The Morgan fingerprint density at radius 1 is 0.328 bits per heavy atom. The van der Waals surface area contributed by atoms with Crippen LogP contribution in [-0.4, -0.2) is 19.1 Å². The molecule has 0 aliphatic heterocycles. The molecular formula is C59H37N5. The lowest BCUT2D eigenvalue weighted by molar-refractivity contribution is 1.11. The average Bonchev–Trinajstić information content (AvgIpc) is 3.89. The standard InChI is InChI=1S/C59H37N5/c60-38-39-33-56(63-52-27-15-13-25-46(52)48-35-44(29-31-54(48)63)40-17-5-1-6-18-40)58(51-37-50(42-21-9-3-10-22-42)61-59(62-51)43-23-11-4-12-24-43)57(34-39)64-53-28-16-14-26-47(53)49-36-45(30-32-55(49)64)41-19-7-2-8-20-41/h1-37H. The third-order valence-electron chi connectivity index (χ3n) is 12.4. The minimum atomic E-state index is 0.535. The maximum atomic E-state index is 11.0. The predicted octanol–water partition coefficient (Wildman–Crippen LogP) is 14.9. The van der Waals surface area contributed by atoms with Crippen LogP contribution in [0.25, 0.3) is 111 Å². The van der Waals surface area contributed by atoms with Gasteiger partial charge in [0.15, 0.2) is 5.82 Å². The molecule has 64 heavy (non-hydrogen) atoms. The molecule has 12 aromatic rings. The molecule has 12 rings (SSSR count). The molecule has 0 saturated heterocycles. The van der Waals surface area contributed by atoms with E-state index < -0.39 is 0 Å². The number of hydrogen-bond acceptors (Lipinski definition) is 3. The Kier molecular flexibility index (Phi) is 8.81. The zero-order valence-corrected chi connectivity index (χ0v) is 34.6. The number of benzene rings is 9. The van der Waals surface area contributed by atoms with Crippen LogP contribution < -0.4 is 0 Å². The molecule has 9 aromatic carbocycles. The van der Waals surface area contributed by atoms with Gasteiger partial charge in [0, 0.05) is 38.2 Å². The summed E-state index contributed by atoms with van der Waals surface area (Å²) in [6, 6.07) is 80.8. The van der Waals surface area contributed by atoms with Crippen LogP contribution in [0.2, 0.25) is 0 Å². The summed E-state index contributed by atoms with van der Waals surface area (Å²) in [5.74, 6) is 0.614. The quantitative estimate of drug-likeness (QED) is 0.161. The van der Waals surface area contributed by atoms with Gasteiger partial charge in [-0.1, -0.05) is 170 Å². The van der Waals surface area contributed by atoms with E-state index in [1.807, 2.05) is 60.7 Å². The molecule has 0 spiro atoms. The Labute approximate surface area is 370 Å². The first kappa shape index (κ1) is 37.0. The van der Waals surface area contributed by atoms with Crippen molar-refractivity contribution in [1.29, 1.82) is 5.26 Å². The number of aromatic nitrogens is 4. The first-order valence-electron chi connectivity index (χ1n) is 21.5. The highest BCUT2D eigenvalue weighted by Crippen LogP contribution is 2.44. The van der Waals surface area contributed by atoms with Gasteiger partial charge in [0.1, 0.15) is 0 Å². The van der Waals surface area contributed by atoms with Crippen LogP contribution in [-0.2, 0) is 0 Å². The third kappa shape index (κ3) is 6.16. The molecule has 0 bridgehead atoms. The molecule has 0 amide bonds. The van der Waals surface area contributed by atoms with Gasteiger partial charge in [-0.05, 0) is 76.9 Å². The highest BCUT2D eigenvalue weighted by molar-refractivity contribution is 6.13. The number of nitrogens with zero attached hydrogens (tertiary/aromatic N) is 5. The summed E-state index contributed by atoms with van der Waals surface area (Å²) < 4.78 is 4.65. The van der Waals surface area contributed by atoms with Crippen LogP contribution in [0.1, 0.15) is 5.56 Å². The van der Waals surface area contributed by atoms with Gasteiger partial charge >= 0.3 is 0 Å². The number of nitriles is 1. The predicted molar refractivity (Wildman–Crippen MR) is 263 cm³/mol. The van der Waals surface area contributed by atoms with E-state index >= 15 is 0 Å². The number of hydrogen-bond donors (Lipinski definition) is 0. The summed E-state index contributed by atoms with van der Waals surface area (Å²) in [5, 5.41) is 15.5. The van der Waals surface area contributed by atoms with Crippen LogP contribution in [0.4, 0.5) is 0 Å². The Hall–Kier alpha value is -8.85. The fraction of sp³-hybridized carbons (Fsp3) is 0. The van der Waals surface area contributed by atoms with E-state index in [2.05, 4.69) is 179 Å². The minimum absolute atomic E-state index is 0.535. The monoisotopic (exact) mass is 815 g/mol. The fourth-order valence-corrected chi connectivity index (χ4v) is 9.43. The Bertz CT molecular complexity index is 3530. The van der Waals surface area contributed by atoms with Crippen LogP contribution in [0.5, 0.6) is 0 Å². The lowest BCUT2D eigenvalue weighted by Gasteiger charge is -2.21.